The van der Waals surface area contributed by atoms with Crippen LogP contribution in [-0.2, 0) is 10.8 Å². The molecule has 3 heterocycles. The Bertz CT molecular complexity index is 7970. The molecule has 17 aromatic rings. The summed E-state index contributed by atoms with van der Waals surface area (Å²) in [5, 5.41) is -7.17. The first-order valence-electron chi connectivity index (χ1n) is 52.3. The number of hydrogen-bond donors (Lipinski definition) is 0. The van der Waals surface area contributed by atoms with Crippen LogP contribution in [0.5, 0.6) is 11.5 Å². The van der Waals surface area contributed by atoms with E-state index >= 15 is 0 Å². The number of para-hydroxylation sites is 2. The lowest BCUT2D eigenvalue weighted by atomic mass is 9.85. The number of ether oxygens (including phenoxy) is 1. The molecule has 0 spiro atoms. The SMILES string of the molecule is [2H]c1c([2H])c([2H])c([Si](c2c([2H])c([2H])c([2H])c([2H])c2[2H])(c2c([2H])c([2H])c([2H])c([2H])c2[2H])c2c([2H])c([2H])c([2H])c(-c3ccc4c(c3)n(-c3cccc(Oc5ccc6c7ccccc7n(-c7cc(C(C)(C)C)ccn7)c6c5)c3)[c-][n+]4-c3c(-c4cccc(C(C)(C)C)c4)cccc3-c3c([2H])c([2H])c([2H])c([Si](c4c([2H])c([2H])c([2H])c([2H])c4[2H])(c4c([2H])c([2H])c([2H])c([2H])c4[2H])c4c([2H])c([2H])c([2H])c([2H])c4[2H])c3[2H])c2[2H])c([2H])c1[2H]. The lowest BCUT2D eigenvalue weighted by Crippen LogP contribution is -2.74. The van der Waals surface area contributed by atoms with Crippen molar-refractivity contribution in [2.24, 2.45) is 0 Å². The van der Waals surface area contributed by atoms with Crippen LogP contribution in [0.15, 0.2) is 375 Å². The summed E-state index contributed by atoms with van der Waals surface area (Å²) in [5.41, 5.74) is 0.340. The molecule has 0 aliphatic heterocycles. The van der Waals surface area contributed by atoms with Gasteiger partial charge in [0.25, 0.3) is 6.33 Å². The molecule has 0 amide bonds. The fraction of sp³-hybridized carbons (Fsp3) is 0.0816. The minimum absolute atomic E-state index is 0.0478. The summed E-state index contributed by atoms with van der Waals surface area (Å²) in [4.78, 5) is 4.87. The Morgan fingerprint density at radius 1 is 0.371 bits per heavy atom. The number of benzene rings is 14. The largest absolute Gasteiger partial charge is 0.458 e. The summed E-state index contributed by atoms with van der Waals surface area (Å²) in [6.45, 7) is 12.0. The zero-order valence-electron chi connectivity index (χ0n) is 95.1. The molecule has 0 radical (unpaired) electrons. The average molecular weight is 1420 g/mol. The van der Waals surface area contributed by atoms with Gasteiger partial charge in [-0.05, 0) is 151 Å². The van der Waals surface area contributed by atoms with E-state index in [-0.39, 0.29) is 56.0 Å². The highest BCUT2D eigenvalue weighted by Crippen LogP contribution is 2.40. The minimum Gasteiger partial charge on any atom is -0.458 e. The Balaban J connectivity index is 1.04. The molecule has 506 valence electrons. The first kappa shape index (κ1) is 36.2. The minimum atomic E-state index is -6.56. The van der Waals surface area contributed by atoms with E-state index in [1.807, 2.05) is 86.0 Å². The van der Waals surface area contributed by atoms with Gasteiger partial charge in [0.2, 0.25) is 0 Å². The molecule has 17 rings (SSSR count). The van der Waals surface area contributed by atoms with Crippen LogP contribution >= 0.6 is 0 Å². The van der Waals surface area contributed by atoms with Crippen molar-refractivity contribution in [2.75, 3.05) is 0 Å². The molecule has 0 fully saturated rings. The molecule has 7 heteroatoms. The highest BCUT2D eigenvalue weighted by Gasteiger charge is 2.43. The first-order valence-corrected chi connectivity index (χ1v) is 37.3. The van der Waals surface area contributed by atoms with Crippen LogP contribution in [0.25, 0.3) is 83.4 Å². The van der Waals surface area contributed by atoms with Crippen molar-refractivity contribution in [3.05, 3.63) is 393 Å². The Morgan fingerprint density at radius 3 is 1.43 bits per heavy atom. The van der Waals surface area contributed by atoms with Gasteiger partial charge in [0.15, 0.2) is 16.1 Å². The molecular formula is C98H80N4OSi2. The Morgan fingerprint density at radius 2 is 0.857 bits per heavy atom. The van der Waals surface area contributed by atoms with Crippen molar-refractivity contribution in [1.82, 2.24) is 14.1 Å². The van der Waals surface area contributed by atoms with E-state index in [2.05, 4.69) is 27.1 Å². The maximum absolute atomic E-state index is 11.3. The number of pyridine rings is 1. The van der Waals surface area contributed by atoms with Crippen molar-refractivity contribution < 1.29 is 61.4 Å². The molecule has 0 aliphatic carbocycles. The van der Waals surface area contributed by atoms with E-state index in [0.29, 0.717) is 22.5 Å². The number of fused-ring (bicyclic) bond motifs is 4. The Hall–Kier alpha value is -12.3. The van der Waals surface area contributed by atoms with Crippen LogP contribution in [0.4, 0.5) is 0 Å². The number of aromatic nitrogens is 4. The van der Waals surface area contributed by atoms with E-state index in [1.165, 1.54) is 39.5 Å². The summed E-state index contributed by atoms with van der Waals surface area (Å²) in [6.07, 6.45) is 5.20. The molecule has 0 atom stereocenters. The highest BCUT2D eigenvalue weighted by atomic mass is 28.3. The second-order valence-corrected chi connectivity index (χ2v) is 33.8. The van der Waals surface area contributed by atoms with Crippen LogP contribution in [0.2, 0.25) is 0 Å². The van der Waals surface area contributed by atoms with Crippen molar-refractivity contribution in [2.45, 2.75) is 52.4 Å². The normalized spacial score (nSPS) is 17.2. The van der Waals surface area contributed by atoms with Crippen molar-refractivity contribution in [3.8, 4) is 62.1 Å². The summed E-state index contributed by atoms with van der Waals surface area (Å²) >= 11 is 0. The van der Waals surface area contributed by atoms with Crippen LogP contribution in [0.1, 0.15) is 105 Å². The third-order valence-electron chi connectivity index (χ3n) is 18.6. The highest BCUT2D eigenvalue weighted by molar-refractivity contribution is 7.20. The smallest absolute Gasteiger partial charge is 0.269 e. The standard InChI is InChI=1S/C98H80N4OSi2/c1-97(2,3)74-35-27-33-72(62-74)87-53-31-54-88(73-34-29-51-86(64-73)105(82-44-19-10-20-45-82,83-46-21-11-22-47-83)84-48-23-12-24-49-84)96(87)101-69-100(76-36-30-37-77(67-76)103-78-57-58-90-89-52-25-26-55-91(89)102(93(90)68-78)95-66-75(60-61-99-95)98(4,5)6)94-65-71(56-59-92(94)101)70-32-28-50-85(63-70)104(79-38-13-7-14-39-79,80-40-15-8-16-41-80)81-42-17-9-18-43-81/h7-68H,1-6H3/i7D,8D,9D,10D,11D,12D,13D,14D,15D,16D,17D,18D,19D,20D,21D,22D,23D,24D,28D,29D,32D,34D,38D,39D,40D,41D,42D,43D,44D,45D,46D,47D,48D,49D,50D,51D,63D,64D. The molecule has 105 heavy (non-hydrogen) atoms. The molecule has 0 aliphatic rings. The number of imidazole rings is 1. The van der Waals surface area contributed by atoms with Gasteiger partial charge in [0, 0.05) is 23.0 Å². The van der Waals surface area contributed by atoms with Crippen LogP contribution in [0, 0.1) is 6.33 Å². The van der Waals surface area contributed by atoms with Gasteiger partial charge in [-0.2, -0.15) is 0 Å². The second kappa shape index (κ2) is 27.2. The zero-order valence-corrected chi connectivity index (χ0v) is 59.1. The summed E-state index contributed by atoms with van der Waals surface area (Å²) in [7, 11) is -13.1. The zero-order chi connectivity index (χ0) is 104. The number of nitrogens with zero attached hydrogens (tertiary/aromatic N) is 4. The molecule has 0 unspecified atom stereocenters. The lowest BCUT2D eigenvalue weighted by molar-refractivity contribution is -0.571. The molecule has 0 saturated carbocycles. The van der Waals surface area contributed by atoms with E-state index in [4.69, 9.17) is 17.9 Å². The molecule has 5 nitrogen and oxygen atoms in total. The molecule has 3 aromatic heterocycles. The van der Waals surface area contributed by atoms with Crippen molar-refractivity contribution >= 4 is 90.5 Å². The molecule has 14 aromatic carbocycles. The Labute approximate surface area is 671 Å². The van der Waals surface area contributed by atoms with E-state index in [0.717, 1.165) is 21.9 Å². The lowest BCUT2D eigenvalue weighted by Gasteiger charge is -2.34. The van der Waals surface area contributed by atoms with Crippen molar-refractivity contribution in [1.29, 1.82) is 0 Å². The molecule has 0 N–H and O–H groups in total. The maximum Gasteiger partial charge on any atom is 0.269 e. The maximum atomic E-state index is 11.3. The van der Waals surface area contributed by atoms with Gasteiger partial charge in [0.05, 0.1) is 85.5 Å². The summed E-state index contributed by atoms with van der Waals surface area (Å²) in [6, 6.07) is -6.26. The van der Waals surface area contributed by atoms with Gasteiger partial charge in [-0.15, -0.1) is 0 Å². The summed E-state index contributed by atoms with van der Waals surface area (Å²) in [5.74, 6) is 0.992. The van der Waals surface area contributed by atoms with Crippen LogP contribution < -0.4 is 50.8 Å². The van der Waals surface area contributed by atoms with Gasteiger partial charge >= 0.3 is 0 Å². The predicted molar refractivity (Wildman–Crippen MR) is 443 cm³/mol. The van der Waals surface area contributed by atoms with Crippen LogP contribution in [-0.4, -0.2) is 30.3 Å². The fourth-order valence-electron chi connectivity index (χ4n) is 13.6. The monoisotopic (exact) mass is 1420 g/mol. The van der Waals surface area contributed by atoms with E-state index in [1.54, 1.807) is 54.7 Å². The average Bonchev–Trinajstić information content (AvgIpc) is 0.991. The fourth-order valence-corrected chi connectivity index (χ4v) is 20.7. The van der Waals surface area contributed by atoms with E-state index < -0.39 is 304 Å². The topological polar surface area (TPSA) is 35.9 Å². The second-order valence-electron chi connectivity index (χ2n) is 26.8. The van der Waals surface area contributed by atoms with Gasteiger partial charge < -0.3 is 4.74 Å². The molecule has 0 saturated heterocycles. The third-order valence-corrected chi connectivity index (χ3v) is 26.6. The number of rotatable bonds is 16. The molecular weight excluding hydrogens is 1310 g/mol. The quantitative estimate of drug-likeness (QED) is 0.0418. The van der Waals surface area contributed by atoms with E-state index in [9.17, 15) is 43.9 Å². The Kier molecular flexibility index (Phi) is 9.38. The first-order chi connectivity index (χ1) is 67.1. The van der Waals surface area contributed by atoms with Gasteiger partial charge in [-0.3, -0.25) is 13.7 Å². The van der Waals surface area contributed by atoms with Crippen molar-refractivity contribution in [3.63, 3.8) is 0 Å². The van der Waals surface area contributed by atoms with Gasteiger partial charge in [-0.25, -0.2) is 4.98 Å². The van der Waals surface area contributed by atoms with Gasteiger partial charge in [-0.1, -0.05) is 350 Å². The predicted octanol–water partition coefficient (Wildman–Crippen LogP) is 18.3. The summed E-state index contributed by atoms with van der Waals surface area (Å²) < 4.78 is 380. The van der Waals surface area contributed by atoms with Crippen LogP contribution in [0.3, 0.4) is 0 Å². The van der Waals surface area contributed by atoms with Gasteiger partial charge in [0.1, 0.15) is 17.3 Å². The third kappa shape index (κ3) is 11.9. The number of hydrogen-bond acceptors (Lipinski definition) is 2. The molecule has 0 bridgehead atoms.